The highest BCUT2D eigenvalue weighted by molar-refractivity contribution is 6.12. The first kappa shape index (κ1) is 13.4. The maximum Gasteiger partial charge on any atom is 0.220 e. The topological polar surface area (TPSA) is 81.2 Å². The molecule has 0 fully saturated rings. The Hall–Kier alpha value is -2.63. The second kappa shape index (κ2) is 4.73. The van der Waals surface area contributed by atoms with Gasteiger partial charge in [-0.15, -0.1) is 0 Å². The Bertz CT molecular complexity index is 845. The Kier molecular flexibility index (Phi) is 3.01. The molecule has 0 atom stereocenters. The van der Waals surface area contributed by atoms with E-state index in [0.717, 1.165) is 5.56 Å². The van der Waals surface area contributed by atoms with Crippen LogP contribution in [-0.4, -0.2) is 25.7 Å². The maximum absolute atomic E-state index is 12.5. The summed E-state index contributed by atoms with van der Waals surface area (Å²) in [5.41, 5.74) is 2.75. The van der Waals surface area contributed by atoms with E-state index < -0.39 is 0 Å². The quantitative estimate of drug-likeness (QED) is 0.747. The zero-order valence-corrected chi connectivity index (χ0v) is 12.0. The predicted octanol–water partition coefficient (Wildman–Crippen LogP) is 2.37. The van der Waals surface area contributed by atoms with Crippen LogP contribution in [0.4, 0.5) is 0 Å². The largest absolute Gasteiger partial charge is 0.493 e. The number of aromatic hydroxyl groups is 1. The van der Waals surface area contributed by atoms with Gasteiger partial charge in [-0.3, -0.25) is 4.79 Å². The third-order valence-corrected chi connectivity index (χ3v) is 3.56. The predicted molar refractivity (Wildman–Crippen MR) is 76.4 cm³/mol. The third-order valence-electron chi connectivity index (χ3n) is 3.56. The first-order valence-electron chi connectivity index (χ1n) is 6.67. The lowest BCUT2D eigenvalue weighted by Gasteiger charge is -2.04. The molecule has 0 bridgehead atoms. The second-order valence-corrected chi connectivity index (χ2v) is 4.88. The molecule has 3 rings (SSSR count). The smallest absolute Gasteiger partial charge is 0.220 e. The summed E-state index contributed by atoms with van der Waals surface area (Å²) in [6, 6.07) is 3.42. The van der Waals surface area contributed by atoms with Crippen molar-refractivity contribution in [2.45, 2.75) is 20.3 Å². The molecule has 0 spiro atoms. The van der Waals surface area contributed by atoms with Crippen LogP contribution in [-0.2, 0) is 13.5 Å². The van der Waals surface area contributed by atoms with Gasteiger partial charge >= 0.3 is 0 Å². The molecule has 0 saturated carbocycles. The number of fused-ring (bicyclic) bond motifs is 1. The van der Waals surface area contributed by atoms with Crippen molar-refractivity contribution in [1.29, 1.82) is 0 Å². The lowest BCUT2D eigenvalue weighted by molar-refractivity contribution is 0.103. The van der Waals surface area contributed by atoms with Crippen molar-refractivity contribution < 1.29 is 14.3 Å². The van der Waals surface area contributed by atoms with Gasteiger partial charge in [0, 0.05) is 19.0 Å². The Morgan fingerprint density at radius 2 is 2.14 bits per heavy atom. The number of aryl methyl sites for hydroxylation is 3. The molecule has 2 aromatic heterocycles. The highest BCUT2D eigenvalue weighted by atomic mass is 16.3. The number of rotatable bonds is 3. The number of carbonyl (C=O) groups is 1. The standard InChI is InChI=1S/C15H15N3O3/c1-4-12-17-13-8(2)9(5-6-11(13)21-12)14(19)10-7-16-18(3)15(10)20/h5-7,20H,4H2,1-3H3. The van der Waals surface area contributed by atoms with Gasteiger partial charge in [0.15, 0.2) is 17.3 Å². The molecular formula is C15H15N3O3. The molecule has 0 aliphatic carbocycles. The van der Waals surface area contributed by atoms with Crippen LogP contribution in [0.2, 0.25) is 0 Å². The highest BCUT2D eigenvalue weighted by Gasteiger charge is 2.21. The molecule has 0 unspecified atom stereocenters. The second-order valence-electron chi connectivity index (χ2n) is 4.88. The normalized spacial score (nSPS) is 11.2. The van der Waals surface area contributed by atoms with Gasteiger partial charge in [-0.1, -0.05) is 6.92 Å². The van der Waals surface area contributed by atoms with Gasteiger partial charge in [-0.2, -0.15) is 5.10 Å². The van der Waals surface area contributed by atoms with Gasteiger partial charge < -0.3 is 9.52 Å². The molecule has 2 heterocycles. The zero-order valence-electron chi connectivity index (χ0n) is 12.0. The first-order valence-corrected chi connectivity index (χ1v) is 6.67. The molecule has 1 N–H and O–H groups in total. The lowest BCUT2D eigenvalue weighted by atomic mass is 10.00. The number of nitrogens with zero attached hydrogens (tertiary/aromatic N) is 3. The number of ketones is 1. The molecule has 21 heavy (non-hydrogen) atoms. The van der Waals surface area contributed by atoms with Gasteiger partial charge in [-0.05, 0) is 24.6 Å². The molecule has 3 aromatic rings. The van der Waals surface area contributed by atoms with Gasteiger partial charge in [0.1, 0.15) is 11.1 Å². The van der Waals surface area contributed by atoms with E-state index >= 15 is 0 Å². The molecule has 0 amide bonds. The van der Waals surface area contributed by atoms with Crippen molar-refractivity contribution >= 4 is 16.9 Å². The van der Waals surface area contributed by atoms with E-state index in [1.807, 2.05) is 13.8 Å². The van der Waals surface area contributed by atoms with Gasteiger partial charge in [0.05, 0.1) is 6.20 Å². The molecule has 6 heteroatoms. The molecule has 1 aromatic carbocycles. The molecule has 0 radical (unpaired) electrons. The van der Waals surface area contributed by atoms with E-state index in [1.165, 1.54) is 10.9 Å². The van der Waals surface area contributed by atoms with Crippen LogP contribution < -0.4 is 0 Å². The summed E-state index contributed by atoms with van der Waals surface area (Å²) >= 11 is 0. The summed E-state index contributed by atoms with van der Waals surface area (Å²) < 4.78 is 6.83. The van der Waals surface area contributed by atoms with Crippen LogP contribution in [0.1, 0.15) is 34.3 Å². The van der Waals surface area contributed by atoms with Gasteiger partial charge in [0.2, 0.25) is 5.88 Å². The third kappa shape index (κ3) is 1.99. The zero-order chi connectivity index (χ0) is 15.1. The van der Waals surface area contributed by atoms with Crippen molar-refractivity contribution in [3.8, 4) is 5.88 Å². The minimum Gasteiger partial charge on any atom is -0.493 e. The average molecular weight is 285 g/mol. The Morgan fingerprint density at radius 1 is 1.38 bits per heavy atom. The number of hydrogen-bond donors (Lipinski definition) is 1. The van der Waals surface area contributed by atoms with Crippen molar-refractivity contribution in [3.05, 3.63) is 40.9 Å². The van der Waals surface area contributed by atoms with Crippen LogP contribution in [0.5, 0.6) is 5.88 Å². The molecular weight excluding hydrogens is 270 g/mol. The first-order chi connectivity index (χ1) is 10.0. The summed E-state index contributed by atoms with van der Waals surface area (Å²) in [4.78, 5) is 16.9. The summed E-state index contributed by atoms with van der Waals surface area (Å²) in [5, 5.41) is 13.7. The number of oxazole rings is 1. The van der Waals surface area contributed by atoms with E-state index in [0.29, 0.717) is 29.0 Å². The SMILES string of the molecule is CCc1nc2c(C)c(C(=O)c3cnn(C)c3O)ccc2o1. The summed E-state index contributed by atoms with van der Waals surface area (Å²) in [5.74, 6) is 0.219. The van der Waals surface area contributed by atoms with Crippen LogP contribution in [0.15, 0.2) is 22.7 Å². The fraction of sp³-hybridized carbons (Fsp3) is 0.267. The van der Waals surface area contributed by atoms with Crippen molar-refractivity contribution in [3.63, 3.8) is 0 Å². The van der Waals surface area contributed by atoms with Crippen molar-refractivity contribution in [1.82, 2.24) is 14.8 Å². The van der Waals surface area contributed by atoms with E-state index in [4.69, 9.17) is 4.42 Å². The van der Waals surface area contributed by atoms with Crippen molar-refractivity contribution in [2.24, 2.45) is 7.05 Å². The molecule has 6 nitrogen and oxygen atoms in total. The molecule has 108 valence electrons. The highest BCUT2D eigenvalue weighted by Crippen LogP contribution is 2.26. The fourth-order valence-electron chi connectivity index (χ4n) is 2.30. The van der Waals surface area contributed by atoms with Gasteiger partial charge in [0.25, 0.3) is 0 Å². The number of hydrogen-bond acceptors (Lipinski definition) is 5. The number of benzene rings is 1. The van der Waals surface area contributed by atoms with E-state index in [1.54, 1.807) is 19.2 Å². The Morgan fingerprint density at radius 3 is 2.76 bits per heavy atom. The van der Waals surface area contributed by atoms with Crippen LogP contribution in [0, 0.1) is 6.92 Å². The van der Waals surface area contributed by atoms with E-state index in [9.17, 15) is 9.90 Å². The Balaban J connectivity index is 2.14. The van der Waals surface area contributed by atoms with Crippen LogP contribution in [0.25, 0.3) is 11.1 Å². The van der Waals surface area contributed by atoms with Crippen molar-refractivity contribution in [2.75, 3.05) is 0 Å². The average Bonchev–Trinajstić information content (AvgIpc) is 3.04. The molecule has 0 aliphatic heterocycles. The summed E-state index contributed by atoms with van der Waals surface area (Å²) in [6.45, 7) is 3.78. The van der Waals surface area contributed by atoms with Crippen LogP contribution >= 0.6 is 0 Å². The minimum absolute atomic E-state index is 0.145. The lowest BCUT2D eigenvalue weighted by Crippen LogP contribution is -2.03. The van der Waals surface area contributed by atoms with Gasteiger partial charge in [-0.25, -0.2) is 9.67 Å². The number of aromatic nitrogens is 3. The monoisotopic (exact) mass is 285 g/mol. The molecule has 0 aliphatic rings. The summed E-state index contributed by atoms with van der Waals surface area (Å²) in [6.07, 6.45) is 2.06. The van der Waals surface area contributed by atoms with Crippen LogP contribution in [0.3, 0.4) is 0 Å². The fourth-order valence-corrected chi connectivity index (χ4v) is 2.30. The van der Waals surface area contributed by atoms with E-state index in [-0.39, 0.29) is 17.2 Å². The maximum atomic E-state index is 12.5. The van der Waals surface area contributed by atoms with E-state index in [2.05, 4.69) is 10.1 Å². The minimum atomic E-state index is -0.277. The number of carbonyl (C=O) groups excluding carboxylic acids is 1. The Labute approximate surface area is 121 Å². The summed E-state index contributed by atoms with van der Waals surface area (Å²) in [7, 11) is 1.58. The molecule has 0 saturated heterocycles.